The molecule has 1 amide bonds. The summed E-state index contributed by atoms with van der Waals surface area (Å²) in [5.41, 5.74) is 0.227. The fourth-order valence-electron chi connectivity index (χ4n) is 1.56. The first-order valence-corrected chi connectivity index (χ1v) is 6.08. The number of nitrogens with zero attached hydrogens (tertiary/aromatic N) is 1. The molecule has 0 saturated carbocycles. The van der Waals surface area contributed by atoms with Crippen LogP contribution in [0.2, 0.25) is 0 Å². The summed E-state index contributed by atoms with van der Waals surface area (Å²) in [6, 6.07) is 4.75. The van der Waals surface area contributed by atoms with Crippen LogP contribution in [-0.4, -0.2) is 30.2 Å². The van der Waals surface area contributed by atoms with Crippen LogP contribution in [0.4, 0.5) is 4.39 Å². The molecule has 0 aromatic heterocycles. The van der Waals surface area contributed by atoms with Gasteiger partial charge in [0.25, 0.3) is 5.91 Å². The van der Waals surface area contributed by atoms with Crippen LogP contribution in [0.5, 0.6) is 0 Å². The average molecular weight is 225 g/mol. The van der Waals surface area contributed by atoms with E-state index in [9.17, 15) is 9.18 Å². The molecule has 0 atom stereocenters. The predicted octanol–water partition coefficient (Wildman–Crippen LogP) is 2.39. The summed E-state index contributed by atoms with van der Waals surface area (Å²) in [5.74, 6) is -0.595. The van der Waals surface area contributed by atoms with Gasteiger partial charge >= 0.3 is 0 Å². The standard InChI is InChI=1S/C11H12FNOS/c1-15-9-5-2-4-8(12)10(9)11(14)13-6-3-7-13/h2,4-5H,3,6-7H2,1H3. The monoisotopic (exact) mass is 225 g/mol. The Kier molecular flexibility index (Phi) is 2.95. The number of hydrogen-bond donors (Lipinski definition) is 0. The van der Waals surface area contributed by atoms with E-state index >= 15 is 0 Å². The molecule has 1 aromatic rings. The van der Waals surface area contributed by atoms with E-state index in [0.29, 0.717) is 4.90 Å². The SMILES string of the molecule is CSc1cccc(F)c1C(=O)N1CCC1. The summed E-state index contributed by atoms with van der Waals surface area (Å²) in [7, 11) is 0. The summed E-state index contributed by atoms with van der Waals surface area (Å²) in [5, 5.41) is 0. The molecule has 80 valence electrons. The lowest BCUT2D eigenvalue weighted by Crippen LogP contribution is -2.42. The zero-order valence-corrected chi connectivity index (χ0v) is 9.31. The number of amides is 1. The number of benzene rings is 1. The van der Waals surface area contributed by atoms with Gasteiger partial charge in [0.2, 0.25) is 0 Å². The van der Waals surface area contributed by atoms with Gasteiger partial charge in [0, 0.05) is 18.0 Å². The minimum Gasteiger partial charge on any atom is -0.338 e. The van der Waals surface area contributed by atoms with E-state index in [2.05, 4.69) is 0 Å². The molecule has 1 aromatic carbocycles. The van der Waals surface area contributed by atoms with Crippen molar-refractivity contribution in [2.75, 3.05) is 19.3 Å². The van der Waals surface area contributed by atoms with Gasteiger partial charge in [0.05, 0.1) is 5.56 Å². The minimum atomic E-state index is -0.418. The molecule has 2 nitrogen and oxygen atoms in total. The van der Waals surface area contributed by atoms with Crippen molar-refractivity contribution in [3.63, 3.8) is 0 Å². The molecular formula is C11H12FNOS. The van der Waals surface area contributed by atoms with Crippen molar-refractivity contribution in [1.82, 2.24) is 4.90 Å². The molecule has 4 heteroatoms. The van der Waals surface area contributed by atoms with Gasteiger partial charge in [-0.25, -0.2) is 4.39 Å². The third-order valence-corrected chi connectivity index (χ3v) is 3.33. The quantitative estimate of drug-likeness (QED) is 0.720. The lowest BCUT2D eigenvalue weighted by molar-refractivity contribution is 0.0643. The van der Waals surface area contributed by atoms with Gasteiger partial charge < -0.3 is 4.90 Å². The lowest BCUT2D eigenvalue weighted by Gasteiger charge is -2.31. The van der Waals surface area contributed by atoms with Crippen molar-refractivity contribution in [2.45, 2.75) is 11.3 Å². The molecule has 0 spiro atoms. The maximum atomic E-state index is 13.5. The Labute approximate surface area is 92.5 Å². The highest BCUT2D eigenvalue weighted by atomic mass is 32.2. The largest absolute Gasteiger partial charge is 0.338 e. The first-order chi connectivity index (χ1) is 7.24. The fraction of sp³-hybridized carbons (Fsp3) is 0.364. The summed E-state index contributed by atoms with van der Waals surface area (Å²) < 4.78 is 13.5. The molecule has 0 aliphatic carbocycles. The maximum absolute atomic E-state index is 13.5. The van der Waals surface area contributed by atoms with Crippen LogP contribution in [0.1, 0.15) is 16.8 Å². The molecule has 0 radical (unpaired) electrons. The summed E-state index contributed by atoms with van der Waals surface area (Å²) in [4.78, 5) is 14.3. The Hall–Kier alpha value is -1.03. The molecule has 1 aliphatic heterocycles. The molecule has 0 bridgehead atoms. The van der Waals surface area contributed by atoms with Crippen molar-refractivity contribution in [1.29, 1.82) is 0 Å². The molecule has 15 heavy (non-hydrogen) atoms. The third kappa shape index (κ3) is 1.86. The predicted molar refractivity (Wildman–Crippen MR) is 58.7 cm³/mol. The highest BCUT2D eigenvalue weighted by Crippen LogP contribution is 2.25. The van der Waals surface area contributed by atoms with Crippen LogP contribution >= 0.6 is 11.8 Å². The molecular weight excluding hydrogens is 213 g/mol. The zero-order chi connectivity index (χ0) is 10.8. The molecule has 0 unspecified atom stereocenters. The number of hydrogen-bond acceptors (Lipinski definition) is 2. The Bertz CT molecular complexity index is 390. The van der Waals surface area contributed by atoms with E-state index in [1.807, 2.05) is 6.26 Å². The second kappa shape index (κ2) is 4.23. The Morgan fingerprint density at radius 2 is 2.20 bits per heavy atom. The molecule has 0 N–H and O–H groups in total. The van der Waals surface area contributed by atoms with E-state index in [1.54, 1.807) is 17.0 Å². The number of halogens is 1. The second-order valence-corrected chi connectivity index (χ2v) is 4.31. The zero-order valence-electron chi connectivity index (χ0n) is 8.50. The van der Waals surface area contributed by atoms with Crippen LogP contribution < -0.4 is 0 Å². The van der Waals surface area contributed by atoms with Crippen molar-refractivity contribution >= 4 is 17.7 Å². The molecule has 1 aliphatic rings. The topological polar surface area (TPSA) is 20.3 Å². The number of rotatable bonds is 2. The van der Waals surface area contributed by atoms with Gasteiger partial charge in [-0.3, -0.25) is 4.79 Å². The van der Waals surface area contributed by atoms with Crippen LogP contribution in [0.15, 0.2) is 23.1 Å². The van der Waals surface area contributed by atoms with Gasteiger partial charge in [-0.2, -0.15) is 0 Å². The van der Waals surface area contributed by atoms with Gasteiger partial charge in [-0.1, -0.05) is 6.07 Å². The number of thioether (sulfide) groups is 1. The van der Waals surface area contributed by atoms with E-state index in [-0.39, 0.29) is 11.5 Å². The van der Waals surface area contributed by atoms with Crippen molar-refractivity contribution in [3.8, 4) is 0 Å². The number of likely N-dealkylation sites (tertiary alicyclic amines) is 1. The maximum Gasteiger partial charge on any atom is 0.257 e. The normalized spacial score (nSPS) is 14.9. The van der Waals surface area contributed by atoms with Gasteiger partial charge in [-0.05, 0) is 24.8 Å². The first-order valence-electron chi connectivity index (χ1n) is 4.86. The van der Waals surface area contributed by atoms with Gasteiger partial charge in [0.1, 0.15) is 5.82 Å². The summed E-state index contributed by atoms with van der Waals surface area (Å²) in [6.07, 6.45) is 2.87. The van der Waals surface area contributed by atoms with E-state index in [1.165, 1.54) is 17.8 Å². The Morgan fingerprint density at radius 1 is 1.47 bits per heavy atom. The van der Waals surface area contributed by atoms with Crippen molar-refractivity contribution in [3.05, 3.63) is 29.6 Å². The van der Waals surface area contributed by atoms with Crippen LogP contribution in [0, 0.1) is 5.82 Å². The van der Waals surface area contributed by atoms with Gasteiger partial charge in [0.15, 0.2) is 0 Å². The van der Waals surface area contributed by atoms with E-state index in [4.69, 9.17) is 0 Å². The smallest absolute Gasteiger partial charge is 0.257 e. The molecule has 1 fully saturated rings. The second-order valence-electron chi connectivity index (χ2n) is 3.46. The number of carbonyl (C=O) groups is 1. The van der Waals surface area contributed by atoms with E-state index < -0.39 is 5.82 Å². The molecule has 1 saturated heterocycles. The summed E-state index contributed by atoms with van der Waals surface area (Å²) in [6.45, 7) is 1.50. The van der Waals surface area contributed by atoms with Crippen LogP contribution in [-0.2, 0) is 0 Å². The van der Waals surface area contributed by atoms with Crippen molar-refractivity contribution < 1.29 is 9.18 Å². The highest BCUT2D eigenvalue weighted by molar-refractivity contribution is 7.98. The number of carbonyl (C=O) groups excluding carboxylic acids is 1. The van der Waals surface area contributed by atoms with Gasteiger partial charge in [-0.15, -0.1) is 11.8 Å². The average Bonchev–Trinajstić information content (AvgIpc) is 2.14. The first kappa shape index (κ1) is 10.5. The minimum absolute atomic E-state index is 0.177. The molecule has 1 heterocycles. The molecule has 2 rings (SSSR count). The van der Waals surface area contributed by atoms with Crippen LogP contribution in [0.25, 0.3) is 0 Å². The highest BCUT2D eigenvalue weighted by Gasteiger charge is 2.25. The van der Waals surface area contributed by atoms with Crippen molar-refractivity contribution in [2.24, 2.45) is 0 Å². The Balaban J connectivity index is 2.36. The lowest BCUT2D eigenvalue weighted by atomic mass is 10.1. The Morgan fingerprint density at radius 3 is 2.73 bits per heavy atom. The fourth-order valence-corrected chi connectivity index (χ4v) is 2.16. The third-order valence-electron chi connectivity index (χ3n) is 2.55. The summed E-state index contributed by atoms with van der Waals surface area (Å²) >= 11 is 1.40. The van der Waals surface area contributed by atoms with Crippen LogP contribution in [0.3, 0.4) is 0 Å². The van der Waals surface area contributed by atoms with E-state index in [0.717, 1.165) is 19.5 Å².